The Hall–Kier alpha value is -4.23. The van der Waals surface area contributed by atoms with Gasteiger partial charge in [0.25, 0.3) is 11.8 Å². The second-order valence-electron chi connectivity index (χ2n) is 7.54. The van der Waals surface area contributed by atoms with E-state index in [9.17, 15) is 14.0 Å². The number of carbonyl (C=O) groups is 2. The molecule has 2 N–H and O–H groups in total. The second-order valence-corrected chi connectivity index (χ2v) is 8.57. The summed E-state index contributed by atoms with van der Waals surface area (Å²) in [7, 11) is 0. The molecule has 4 aromatic rings. The number of hydrogen-bond donors (Lipinski definition) is 2. The van der Waals surface area contributed by atoms with Crippen molar-refractivity contribution in [2.24, 2.45) is 0 Å². The van der Waals surface area contributed by atoms with Crippen molar-refractivity contribution in [2.45, 2.75) is 26.5 Å². The van der Waals surface area contributed by atoms with Crippen LogP contribution in [0.25, 0.3) is 10.2 Å². The number of nitriles is 1. The third-order valence-corrected chi connectivity index (χ3v) is 6.19. The first kappa shape index (κ1) is 22.9. The molecule has 0 aliphatic rings. The fraction of sp³-hybridized carbons (Fsp3) is 0.167. The highest BCUT2D eigenvalue weighted by molar-refractivity contribution is 7.20. The van der Waals surface area contributed by atoms with Gasteiger partial charge in [0.2, 0.25) is 0 Å². The van der Waals surface area contributed by atoms with Crippen LogP contribution >= 0.6 is 11.3 Å². The lowest BCUT2D eigenvalue weighted by Crippen LogP contribution is -2.47. The van der Waals surface area contributed by atoms with Crippen LogP contribution in [-0.4, -0.2) is 27.7 Å². The van der Waals surface area contributed by atoms with Crippen LogP contribution in [0.15, 0.2) is 54.6 Å². The lowest BCUT2D eigenvalue weighted by Gasteiger charge is -2.15. The van der Waals surface area contributed by atoms with E-state index in [2.05, 4.69) is 16.0 Å². The monoisotopic (exact) mass is 477 g/mol. The van der Waals surface area contributed by atoms with E-state index < -0.39 is 17.9 Å². The van der Waals surface area contributed by atoms with Crippen LogP contribution in [0, 0.1) is 24.1 Å². The van der Waals surface area contributed by atoms with Gasteiger partial charge >= 0.3 is 0 Å². The number of carbonyl (C=O) groups excluding carboxylic acids is 2. The van der Waals surface area contributed by atoms with Gasteiger partial charge in [0.1, 0.15) is 16.4 Å². The number of benzene rings is 2. The highest BCUT2D eigenvalue weighted by atomic mass is 32.1. The number of fused-ring (bicyclic) bond motifs is 1. The number of hydrazine groups is 1. The Morgan fingerprint density at radius 1 is 1.18 bits per heavy atom. The summed E-state index contributed by atoms with van der Waals surface area (Å²) in [5.74, 6) is -0.872. The van der Waals surface area contributed by atoms with Gasteiger partial charge in [-0.2, -0.15) is 10.4 Å². The quantitative estimate of drug-likeness (QED) is 0.412. The minimum absolute atomic E-state index is 0.306. The first-order chi connectivity index (χ1) is 16.3. The zero-order chi connectivity index (χ0) is 24.2. The standard InChI is InChI=1S/C24H20FN5O3S/c1-14-20-11-21(34-24(20)30(29-14)13-17-3-7-18(25)8-4-17)23(32)28-27-22(31)15(2)33-19-9-5-16(12-26)6-10-19/h3-11,15H,13H2,1-2H3,(H,27,31)(H,28,32). The fourth-order valence-electron chi connectivity index (χ4n) is 3.24. The van der Waals surface area contributed by atoms with Crippen LogP contribution in [0.1, 0.15) is 33.4 Å². The van der Waals surface area contributed by atoms with Gasteiger partial charge in [-0.15, -0.1) is 11.3 Å². The van der Waals surface area contributed by atoms with Crippen molar-refractivity contribution in [3.63, 3.8) is 0 Å². The van der Waals surface area contributed by atoms with Crippen molar-refractivity contribution >= 4 is 33.4 Å². The van der Waals surface area contributed by atoms with Crippen LogP contribution in [0.2, 0.25) is 0 Å². The van der Waals surface area contributed by atoms with E-state index in [-0.39, 0.29) is 5.82 Å². The maximum absolute atomic E-state index is 13.2. The first-order valence-corrected chi connectivity index (χ1v) is 11.1. The van der Waals surface area contributed by atoms with E-state index in [4.69, 9.17) is 10.00 Å². The molecule has 0 fully saturated rings. The molecule has 4 rings (SSSR count). The molecule has 0 bridgehead atoms. The number of thiophene rings is 1. The van der Waals surface area contributed by atoms with Gasteiger partial charge in [-0.3, -0.25) is 25.1 Å². The molecule has 0 spiro atoms. The van der Waals surface area contributed by atoms with E-state index in [1.807, 2.05) is 13.0 Å². The number of nitrogens with one attached hydrogen (secondary N) is 2. The van der Waals surface area contributed by atoms with Gasteiger partial charge in [-0.1, -0.05) is 12.1 Å². The fourth-order valence-corrected chi connectivity index (χ4v) is 4.30. The molecule has 0 radical (unpaired) electrons. The molecule has 1 atom stereocenters. The van der Waals surface area contributed by atoms with E-state index in [1.165, 1.54) is 23.5 Å². The lowest BCUT2D eigenvalue weighted by molar-refractivity contribution is -0.128. The molecule has 0 saturated heterocycles. The maximum atomic E-state index is 13.2. The Balaban J connectivity index is 1.39. The normalized spacial score (nSPS) is 11.6. The molecular weight excluding hydrogens is 457 g/mol. The van der Waals surface area contributed by atoms with Gasteiger partial charge in [0.05, 0.1) is 28.7 Å². The summed E-state index contributed by atoms with van der Waals surface area (Å²) in [6.07, 6.45) is -0.873. The highest BCUT2D eigenvalue weighted by Crippen LogP contribution is 2.28. The van der Waals surface area contributed by atoms with Crippen molar-refractivity contribution in [1.29, 1.82) is 5.26 Å². The zero-order valence-electron chi connectivity index (χ0n) is 18.3. The summed E-state index contributed by atoms with van der Waals surface area (Å²) < 4.78 is 20.5. The van der Waals surface area contributed by atoms with Gasteiger partial charge in [0, 0.05) is 5.39 Å². The average Bonchev–Trinajstić information content (AvgIpc) is 3.40. The van der Waals surface area contributed by atoms with Crippen LogP contribution in [0.4, 0.5) is 4.39 Å². The molecule has 34 heavy (non-hydrogen) atoms. The van der Waals surface area contributed by atoms with Crippen molar-refractivity contribution in [1.82, 2.24) is 20.6 Å². The third kappa shape index (κ3) is 5.05. The maximum Gasteiger partial charge on any atom is 0.279 e. The summed E-state index contributed by atoms with van der Waals surface area (Å²) in [6.45, 7) is 3.83. The number of rotatable bonds is 6. The number of hydrogen-bond acceptors (Lipinski definition) is 6. The topological polar surface area (TPSA) is 109 Å². The Kier molecular flexibility index (Phi) is 6.56. The number of halogens is 1. The number of amides is 2. The number of aromatic nitrogens is 2. The highest BCUT2D eigenvalue weighted by Gasteiger charge is 2.19. The molecule has 10 heteroatoms. The van der Waals surface area contributed by atoms with Crippen LogP contribution in [-0.2, 0) is 11.3 Å². The van der Waals surface area contributed by atoms with Crippen molar-refractivity contribution in [3.05, 3.63) is 82.1 Å². The molecule has 0 aliphatic carbocycles. The Labute approximate surface area is 198 Å². The SMILES string of the molecule is Cc1nn(Cc2ccc(F)cc2)c2sc(C(=O)NNC(=O)C(C)Oc3ccc(C#N)cc3)cc12. The number of aryl methyl sites for hydroxylation is 1. The van der Waals surface area contributed by atoms with Crippen LogP contribution in [0.3, 0.4) is 0 Å². The number of nitrogens with zero attached hydrogens (tertiary/aromatic N) is 3. The van der Waals surface area contributed by atoms with Gasteiger partial charge in [0.15, 0.2) is 6.10 Å². The summed E-state index contributed by atoms with van der Waals surface area (Å²) in [5.41, 5.74) is 6.90. The largest absolute Gasteiger partial charge is 0.481 e. The van der Waals surface area contributed by atoms with E-state index in [0.29, 0.717) is 22.7 Å². The molecule has 2 heterocycles. The molecule has 2 amide bonds. The molecule has 8 nitrogen and oxygen atoms in total. The smallest absolute Gasteiger partial charge is 0.279 e. The minimum Gasteiger partial charge on any atom is -0.481 e. The molecule has 172 valence electrons. The van der Waals surface area contributed by atoms with Crippen molar-refractivity contribution in [2.75, 3.05) is 0 Å². The molecule has 2 aromatic carbocycles. The molecule has 0 saturated carbocycles. The van der Waals surface area contributed by atoms with E-state index in [1.54, 1.807) is 54.1 Å². The van der Waals surface area contributed by atoms with E-state index in [0.717, 1.165) is 21.5 Å². The third-order valence-electron chi connectivity index (χ3n) is 5.04. The molecule has 1 unspecified atom stereocenters. The molecular formula is C24H20FN5O3S. The lowest BCUT2D eigenvalue weighted by atomic mass is 10.2. The zero-order valence-corrected chi connectivity index (χ0v) is 19.1. The second kappa shape index (κ2) is 9.72. The van der Waals surface area contributed by atoms with E-state index >= 15 is 0 Å². The Morgan fingerprint density at radius 2 is 1.88 bits per heavy atom. The predicted molar refractivity (Wildman–Crippen MR) is 125 cm³/mol. The summed E-state index contributed by atoms with van der Waals surface area (Å²) in [6, 6.07) is 16.3. The van der Waals surface area contributed by atoms with Gasteiger partial charge in [-0.25, -0.2) is 4.39 Å². The average molecular weight is 478 g/mol. The first-order valence-electron chi connectivity index (χ1n) is 10.3. The van der Waals surface area contributed by atoms with Crippen molar-refractivity contribution < 1.29 is 18.7 Å². The number of ether oxygens (including phenoxy) is 1. The van der Waals surface area contributed by atoms with Crippen molar-refractivity contribution in [3.8, 4) is 11.8 Å². The molecule has 2 aromatic heterocycles. The Morgan fingerprint density at radius 3 is 2.56 bits per heavy atom. The van der Waals surface area contributed by atoms with Gasteiger partial charge in [-0.05, 0) is 61.9 Å². The molecule has 0 aliphatic heterocycles. The van der Waals surface area contributed by atoms with Gasteiger partial charge < -0.3 is 4.74 Å². The minimum atomic E-state index is -0.873. The Bertz CT molecular complexity index is 1390. The van der Waals surface area contributed by atoms with Crippen LogP contribution < -0.4 is 15.6 Å². The predicted octanol–water partition coefficient (Wildman–Crippen LogP) is 3.69. The summed E-state index contributed by atoms with van der Waals surface area (Å²) in [5, 5.41) is 14.2. The van der Waals surface area contributed by atoms with Crippen LogP contribution in [0.5, 0.6) is 5.75 Å². The summed E-state index contributed by atoms with van der Waals surface area (Å²) >= 11 is 1.25. The summed E-state index contributed by atoms with van der Waals surface area (Å²) in [4.78, 5) is 26.2.